The van der Waals surface area contributed by atoms with Crippen LogP contribution in [0.2, 0.25) is 0 Å². The molecule has 0 unspecified atom stereocenters. The van der Waals surface area contributed by atoms with Crippen molar-refractivity contribution >= 4 is 0 Å². The van der Waals surface area contributed by atoms with E-state index in [1.54, 1.807) is 0 Å². The highest BCUT2D eigenvalue weighted by Gasteiger charge is 2.12. The smallest absolute Gasteiger partial charge is 0.00920 e. The van der Waals surface area contributed by atoms with Gasteiger partial charge in [-0.2, -0.15) is 0 Å². The zero-order chi connectivity index (χ0) is 14.3. The highest BCUT2D eigenvalue weighted by atomic mass is 15.1. The summed E-state index contributed by atoms with van der Waals surface area (Å²) in [7, 11) is 2.31. The minimum atomic E-state index is 0.841. The van der Waals surface area contributed by atoms with Crippen molar-refractivity contribution in [3.05, 3.63) is 0 Å². The fourth-order valence-electron chi connectivity index (χ4n) is 2.81. The van der Waals surface area contributed by atoms with E-state index in [4.69, 9.17) is 0 Å². The molecular formula is C18H39N. The molecule has 0 N–H and O–H groups in total. The highest BCUT2D eigenvalue weighted by molar-refractivity contribution is 4.68. The third kappa shape index (κ3) is 11.5. The second-order valence-corrected chi connectivity index (χ2v) is 6.13. The van der Waals surface area contributed by atoms with E-state index in [2.05, 4.69) is 32.7 Å². The van der Waals surface area contributed by atoms with Gasteiger partial charge in [0.25, 0.3) is 0 Å². The molecule has 0 rings (SSSR count). The summed E-state index contributed by atoms with van der Waals surface area (Å²) >= 11 is 0. The van der Waals surface area contributed by atoms with Crippen molar-refractivity contribution in [3.63, 3.8) is 0 Å². The Kier molecular flexibility index (Phi) is 14.3. The molecular weight excluding hydrogens is 230 g/mol. The Morgan fingerprint density at radius 1 is 0.632 bits per heavy atom. The molecule has 1 nitrogen and oxygen atoms in total. The van der Waals surface area contributed by atoms with Gasteiger partial charge in [0.15, 0.2) is 0 Å². The Labute approximate surface area is 123 Å². The van der Waals surface area contributed by atoms with E-state index in [-0.39, 0.29) is 0 Å². The average Bonchev–Trinajstić information content (AvgIpc) is 2.43. The molecule has 19 heavy (non-hydrogen) atoms. The molecule has 0 bridgehead atoms. The molecule has 0 aromatic carbocycles. The summed E-state index contributed by atoms with van der Waals surface area (Å²) in [5.74, 6) is 0. The Morgan fingerprint density at radius 3 is 1.42 bits per heavy atom. The SMILES string of the molecule is CCCCCCCC(CCCCCCC)N(C)CC. The van der Waals surface area contributed by atoms with E-state index in [1.807, 2.05) is 0 Å². The lowest BCUT2D eigenvalue weighted by Crippen LogP contribution is -2.31. The lowest BCUT2D eigenvalue weighted by molar-refractivity contribution is 0.219. The van der Waals surface area contributed by atoms with E-state index < -0.39 is 0 Å². The molecule has 0 aliphatic rings. The molecule has 0 saturated heterocycles. The van der Waals surface area contributed by atoms with Crippen LogP contribution in [0.3, 0.4) is 0 Å². The van der Waals surface area contributed by atoms with Gasteiger partial charge in [-0.05, 0) is 26.4 Å². The normalized spacial score (nSPS) is 11.7. The Balaban J connectivity index is 3.70. The molecule has 0 amide bonds. The maximum Gasteiger partial charge on any atom is 0.00920 e. The minimum absolute atomic E-state index is 0.841. The van der Waals surface area contributed by atoms with Crippen molar-refractivity contribution in [2.45, 2.75) is 104 Å². The van der Waals surface area contributed by atoms with Crippen LogP contribution in [-0.2, 0) is 0 Å². The predicted molar refractivity (Wildman–Crippen MR) is 88.8 cm³/mol. The molecule has 0 spiro atoms. The average molecular weight is 270 g/mol. The van der Waals surface area contributed by atoms with Crippen molar-refractivity contribution in [1.82, 2.24) is 4.90 Å². The molecule has 0 aliphatic carbocycles. The Morgan fingerprint density at radius 2 is 1.05 bits per heavy atom. The second-order valence-electron chi connectivity index (χ2n) is 6.13. The van der Waals surface area contributed by atoms with E-state index in [1.165, 1.54) is 83.6 Å². The van der Waals surface area contributed by atoms with E-state index in [0.717, 1.165) is 6.04 Å². The van der Waals surface area contributed by atoms with E-state index >= 15 is 0 Å². The van der Waals surface area contributed by atoms with Gasteiger partial charge in [-0.1, -0.05) is 85.0 Å². The van der Waals surface area contributed by atoms with Crippen LogP contribution in [-0.4, -0.2) is 24.5 Å². The first-order chi connectivity index (χ1) is 9.26. The summed E-state index contributed by atoms with van der Waals surface area (Å²) in [6, 6.07) is 0.841. The van der Waals surface area contributed by atoms with Gasteiger partial charge >= 0.3 is 0 Å². The van der Waals surface area contributed by atoms with Gasteiger partial charge in [-0.25, -0.2) is 0 Å². The molecule has 116 valence electrons. The number of hydrogen-bond acceptors (Lipinski definition) is 1. The molecule has 0 aromatic heterocycles. The van der Waals surface area contributed by atoms with Gasteiger partial charge < -0.3 is 4.90 Å². The maximum absolute atomic E-state index is 2.57. The first-order valence-corrected chi connectivity index (χ1v) is 8.96. The van der Waals surface area contributed by atoms with Crippen molar-refractivity contribution in [2.75, 3.05) is 13.6 Å². The van der Waals surface area contributed by atoms with Crippen LogP contribution in [0.5, 0.6) is 0 Å². The monoisotopic (exact) mass is 269 g/mol. The third-order valence-corrected chi connectivity index (χ3v) is 4.40. The summed E-state index contributed by atoms with van der Waals surface area (Å²) in [6.45, 7) is 8.09. The van der Waals surface area contributed by atoms with Crippen molar-refractivity contribution in [2.24, 2.45) is 0 Å². The zero-order valence-electron chi connectivity index (χ0n) is 14.2. The molecule has 0 aliphatic heterocycles. The topological polar surface area (TPSA) is 3.24 Å². The van der Waals surface area contributed by atoms with Crippen molar-refractivity contribution < 1.29 is 0 Å². The highest BCUT2D eigenvalue weighted by Crippen LogP contribution is 2.17. The second kappa shape index (κ2) is 14.4. The zero-order valence-corrected chi connectivity index (χ0v) is 14.2. The molecule has 0 atom stereocenters. The molecule has 0 aromatic rings. The van der Waals surface area contributed by atoms with Gasteiger partial charge in [0, 0.05) is 6.04 Å². The molecule has 0 fully saturated rings. The molecule has 0 heterocycles. The summed E-state index contributed by atoms with van der Waals surface area (Å²) in [6.07, 6.45) is 17.0. The number of rotatable bonds is 14. The molecule has 0 radical (unpaired) electrons. The van der Waals surface area contributed by atoms with Crippen molar-refractivity contribution in [3.8, 4) is 0 Å². The van der Waals surface area contributed by atoms with Gasteiger partial charge in [-0.3, -0.25) is 0 Å². The fourth-order valence-corrected chi connectivity index (χ4v) is 2.81. The lowest BCUT2D eigenvalue weighted by atomic mass is 9.99. The quantitative estimate of drug-likeness (QED) is 0.348. The summed E-state index contributed by atoms with van der Waals surface area (Å²) < 4.78 is 0. The number of unbranched alkanes of at least 4 members (excludes halogenated alkanes) is 8. The predicted octanol–water partition coefficient (Wildman–Crippen LogP) is 6.03. The lowest BCUT2D eigenvalue weighted by Gasteiger charge is -2.27. The van der Waals surface area contributed by atoms with E-state index in [0.29, 0.717) is 0 Å². The number of nitrogens with zero attached hydrogens (tertiary/aromatic N) is 1. The Hall–Kier alpha value is -0.0400. The van der Waals surface area contributed by atoms with Crippen LogP contribution in [0.25, 0.3) is 0 Å². The number of hydrogen-bond donors (Lipinski definition) is 0. The third-order valence-electron chi connectivity index (χ3n) is 4.40. The largest absolute Gasteiger partial charge is 0.304 e. The Bertz CT molecular complexity index is 153. The van der Waals surface area contributed by atoms with Gasteiger partial charge in [0.2, 0.25) is 0 Å². The molecule has 0 saturated carbocycles. The van der Waals surface area contributed by atoms with Gasteiger partial charge in [-0.15, -0.1) is 0 Å². The minimum Gasteiger partial charge on any atom is -0.304 e. The van der Waals surface area contributed by atoms with Crippen LogP contribution in [0, 0.1) is 0 Å². The van der Waals surface area contributed by atoms with Crippen molar-refractivity contribution in [1.29, 1.82) is 0 Å². The van der Waals surface area contributed by atoms with Crippen LogP contribution in [0.4, 0.5) is 0 Å². The van der Waals surface area contributed by atoms with Crippen LogP contribution >= 0.6 is 0 Å². The first-order valence-electron chi connectivity index (χ1n) is 8.96. The standard InChI is InChI=1S/C18H39N/c1-5-8-10-12-14-16-18(19(4)7-3)17-15-13-11-9-6-2/h18H,5-17H2,1-4H3. The maximum atomic E-state index is 2.57. The first kappa shape index (κ1) is 19.0. The summed E-state index contributed by atoms with van der Waals surface area (Å²) in [4.78, 5) is 2.57. The summed E-state index contributed by atoms with van der Waals surface area (Å²) in [5, 5.41) is 0. The van der Waals surface area contributed by atoms with Crippen LogP contribution < -0.4 is 0 Å². The van der Waals surface area contributed by atoms with Crippen LogP contribution in [0.15, 0.2) is 0 Å². The van der Waals surface area contributed by atoms with E-state index in [9.17, 15) is 0 Å². The van der Waals surface area contributed by atoms with Gasteiger partial charge in [0.05, 0.1) is 0 Å². The van der Waals surface area contributed by atoms with Crippen LogP contribution in [0.1, 0.15) is 97.8 Å². The fraction of sp³-hybridized carbons (Fsp3) is 1.00. The summed E-state index contributed by atoms with van der Waals surface area (Å²) in [5.41, 5.74) is 0. The molecule has 1 heteroatoms. The van der Waals surface area contributed by atoms with Gasteiger partial charge in [0.1, 0.15) is 0 Å².